The van der Waals surface area contributed by atoms with Crippen molar-refractivity contribution in [3.63, 3.8) is 0 Å². The molecule has 1 N–H and O–H groups in total. The number of rotatable bonds is 6. The highest BCUT2D eigenvalue weighted by Crippen LogP contribution is 2.71. The average Bonchev–Trinajstić information content (AvgIpc) is 2.94. The zero-order chi connectivity index (χ0) is 14.4. The maximum absolute atomic E-state index is 4.03. The molecular formula is C20H35N. The van der Waals surface area contributed by atoms with Crippen molar-refractivity contribution in [1.29, 1.82) is 0 Å². The fourth-order valence-corrected chi connectivity index (χ4v) is 6.76. The van der Waals surface area contributed by atoms with Crippen LogP contribution in [0.3, 0.4) is 0 Å². The first-order valence-corrected chi connectivity index (χ1v) is 10.1. The Labute approximate surface area is 131 Å². The molecule has 5 unspecified atom stereocenters. The Morgan fingerprint density at radius 1 is 0.905 bits per heavy atom. The molecular weight excluding hydrogens is 254 g/mol. The van der Waals surface area contributed by atoms with Gasteiger partial charge in [-0.25, -0.2) is 0 Å². The van der Waals surface area contributed by atoms with Gasteiger partial charge in [0.15, 0.2) is 0 Å². The van der Waals surface area contributed by atoms with Crippen molar-refractivity contribution in [2.24, 2.45) is 41.4 Å². The second-order valence-corrected chi connectivity index (χ2v) is 8.73. The third-order valence-corrected chi connectivity index (χ3v) is 7.82. The van der Waals surface area contributed by atoms with Crippen LogP contribution in [0.25, 0.3) is 0 Å². The second kappa shape index (κ2) is 5.87. The number of hydrogen-bond acceptors (Lipinski definition) is 1. The van der Waals surface area contributed by atoms with E-state index in [2.05, 4.69) is 19.2 Å². The van der Waals surface area contributed by atoms with Crippen molar-refractivity contribution in [1.82, 2.24) is 5.32 Å². The van der Waals surface area contributed by atoms with E-state index < -0.39 is 0 Å². The summed E-state index contributed by atoms with van der Waals surface area (Å²) in [6.45, 7) is 5.97. The molecule has 0 aromatic carbocycles. The van der Waals surface area contributed by atoms with Crippen molar-refractivity contribution >= 4 is 0 Å². The summed E-state index contributed by atoms with van der Waals surface area (Å²) in [5, 5.41) is 4.03. The van der Waals surface area contributed by atoms with Gasteiger partial charge in [0.25, 0.3) is 0 Å². The molecule has 1 nitrogen and oxygen atoms in total. The van der Waals surface area contributed by atoms with Crippen LogP contribution in [0.2, 0.25) is 0 Å². The SMILES string of the molecule is CCCNC(C1CCC(CC)CC1)C1C2C3CCC(C3)C21. The molecule has 1 heteroatoms. The molecule has 2 bridgehead atoms. The minimum Gasteiger partial charge on any atom is -0.313 e. The molecule has 0 radical (unpaired) electrons. The van der Waals surface area contributed by atoms with Crippen LogP contribution in [0.1, 0.15) is 71.6 Å². The van der Waals surface area contributed by atoms with E-state index in [4.69, 9.17) is 0 Å². The van der Waals surface area contributed by atoms with Crippen molar-refractivity contribution in [3.8, 4) is 0 Å². The summed E-state index contributed by atoms with van der Waals surface area (Å²) >= 11 is 0. The van der Waals surface area contributed by atoms with E-state index in [1.165, 1.54) is 45.1 Å². The fourth-order valence-electron chi connectivity index (χ4n) is 6.76. The van der Waals surface area contributed by atoms with Crippen molar-refractivity contribution in [2.45, 2.75) is 77.7 Å². The number of hydrogen-bond donors (Lipinski definition) is 1. The smallest absolute Gasteiger partial charge is 0.0129 e. The Kier molecular flexibility index (Phi) is 4.07. The van der Waals surface area contributed by atoms with Gasteiger partial charge in [-0.3, -0.25) is 0 Å². The van der Waals surface area contributed by atoms with Crippen LogP contribution in [0, 0.1) is 41.4 Å². The predicted octanol–water partition coefficient (Wildman–Crippen LogP) is 4.86. The lowest BCUT2D eigenvalue weighted by atomic mass is 9.75. The Morgan fingerprint density at radius 2 is 1.57 bits per heavy atom. The van der Waals surface area contributed by atoms with Gasteiger partial charge in [0.05, 0.1) is 0 Å². The summed E-state index contributed by atoms with van der Waals surface area (Å²) in [5.74, 6) is 7.73. The summed E-state index contributed by atoms with van der Waals surface area (Å²) in [6, 6.07) is 0.890. The minimum atomic E-state index is 0.890. The van der Waals surface area contributed by atoms with E-state index >= 15 is 0 Å². The van der Waals surface area contributed by atoms with E-state index in [1.807, 2.05) is 0 Å². The van der Waals surface area contributed by atoms with E-state index in [-0.39, 0.29) is 0 Å². The molecule has 5 atom stereocenters. The molecule has 0 aromatic heterocycles. The van der Waals surface area contributed by atoms with Gasteiger partial charge in [-0.2, -0.15) is 0 Å². The normalized spacial score (nSPS) is 49.1. The standard InChI is InChI=1S/C20H35N/c1-3-11-21-20(14-7-5-13(4-2)6-8-14)19-17-15-9-10-16(12-15)18(17)19/h13-21H,3-12H2,1-2H3. The fraction of sp³-hybridized carbons (Fsp3) is 1.00. The molecule has 4 rings (SSSR count). The molecule has 21 heavy (non-hydrogen) atoms. The average molecular weight is 290 g/mol. The number of nitrogens with one attached hydrogen (secondary N) is 1. The van der Waals surface area contributed by atoms with Gasteiger partial charge in [-0.1, -0.05) is 33.1 Å². The highest BCUT2D eigenvalue weighted by atomic mass is 15.0. The molecule has 0 spiro atoms. The summed E-state index contributed by atoms with van der Waals surface area (Å²) in [5.41, 5.74) is 0. The van der Waals surface area contributed by atoms with Gasteiger partial charge in [0.1, 0.15) is 0 Å². The molecule has 4 aliphatic rings. The van der Waals surface area contributed by atoms with E-state index in [1.54, 1.807) is 19.3 Å². The molecule has 4 aliphatic carbocycles. The summed E-state index contributed by atoms with van der Waals surface area (Å²) in [7, 11) is 0. The Morgan fingerprint density at radius 3 is 2.14 bits per heavy atom. The van der Waals surface area contributed by atoms with Crippen LogP contribution in [0.15, 0.2) is 0 Å². The van der Waals surface area contributed by atoms with Crippen molar-refractivity contribution in [3.05, 3.63) is 0 Å². The Hall–Kier alpha value is -0.0400. The third kappa shape index (κ3) is 2.48. The first kappa shape index (κ1) is 14.5. The van der Waals surface area contributed by atoms with Crippen LogP contribution in [0.4, 0.5) is 0 Å². The molecule has 0 amide bonds. The number of fused-ring (bicyclic) bond motifs is 5. The zero-order valence-corrected chi connectivity index (χ0v) is 14.2. The van der Waals surface area contributed by atoms with E-state index in [0.29, 0.717) is 0 Å². The van der Waals surface area contributed by atoms with Crippen LogP contribution in [0.5, 0.6) is 0 Å². The van der Waals surface area contributed by atoms with Gasteiger partial charge in [0, 0.05) is 6.04 Å². The molecule has 0 heterocycles. The van der Waals surface area contributed by atoms with Gasteiger partial charge < -0.3 is 5.32 Å². The monoisotopic (exact) mass is 289 g/mol. The minimum absolute atomic E-state index is 0.890. The lowest BCUT2D eigenvalue weighted by Gasteiger charge is -2.35. The molecule has 120 valence electrons. The third-order valence-electron chi connectivity index (χ3n) is 7.82. The Bertz CT molecular complexity index is 341. The second-order valence-electron chi connectivity index (χ2n) is 8.73. The van der Waals surface area contributed by atoms with Crippen LogP contribution < -0.4 is 5.32 Å². The van der Waals surface area contributed by atoms with Crippen LogP contribution >= 0.6 is 0 Å². The molecule has 0 aromatic rings. The van der Waals surface area contributed by atoms with Gasteiger partial charge in [0.2, 0.25) is 0 Å². The van der Waals surface area contributed by atoms with Crippen molar-refractivity contribution < 1.29 is 0 Å². The maximum atomic E-state index is 4.03. The highest BCUT2D eigenvalue weighted by Gasteiger charge is 2.67. The molecule has 0 aliphatic heterocycles. The summed E-state index contributed by atoms with van der Waals surface area (Å²) in [4.78, 5) is 0. The summed E-state index contributed by atoms with van der Waals surface area (Å²) in [6.07, 6.45) is 13.5. The molecule has 4 saturated carbocycles. The lowest BCUT2D eigenvalue weighted by Crippen LogP contribution is -2.41. The first-order chi connectivity index (χ1) is 10.3. The zero-order valence-electron chi connectivity index (χ0n) is 14.2. The maximum Gasteiger partial charge on any atom is 0.0129 e. The van der Waals surface area contributed by atoms with Crippen molar-refractivity contribution in [2.75, 3.05) is 6.54 Å². The van der Waals surface area contributed by atoms with E-state index in [9.17, 15) is 0 Å². The largest absolute Gasteiger partial charge is 0.313 e. The van der Waals surface area contributed by atoms with Gasteiger partial charge in [-0.15, -0.1) is 0 Å². The lowest BCUT2D eigenvalue weighted by molar-refractivity contribution is 0.187. The van der Waals surface area contributed by atoms with Gasteiger partial charge in [-0.05, 0) is 86.5 Å². The van der Waals surface area contributed by atoms with Gasteiger partial charge >= 0.3 is 0 Å². The Balaban J connectivity index is 1.41. The van der Waals surface area contributed by atoms with Crippen LogP contribution in [-0.4, -0.2) is 12.6 Å². The van der Waals surface area contributed by atoms with E-state index in [0.717, 1.165) is 47.5 Å². The summed E-state index contributed by atoms with van der Waals surface area (Å²) < 4.78 is 0. The first-order valence-electron chi connectivity index (χ1n) is 10.1. The van der Waals surface area contributed by atoms with Crippen LogP contribution in [-0.2, 0) is 0 Å². The predicted molar refractivity (Wildman–Crippen MR) is 89.1 cm³/mol. The highest BCUT2D eigenvalue weighted by molar-refractivity contribution is 5.16. The molecule has 0 saturated heterocycles. The topological polar surface area (TPSA) is 12.0 Å². The quantitative estimate of drug-likeness (QED) is 0.736. The molecule has 4 fully saturated rings.